The number of amides is 3. The number of anilines is 2. The molecule has 176 valence electrons. The summed E-state index contributed by atoms with van der Waals surface area (Å²) in [4.78, 5) is 28.3. The lowest BCUT2D eigenvalue weighted by Gasteiger charge is -2.17. The molecule has 0 saturated carbocycles. The van der Waals surface area contributed by atoms with Crippen molar-refractivity contribution in [2.75, 3.05) is 36.2 Å². The fourth-order valence-corrected chi connectivity index (χ4v) is 4.92. The molecule has 0 aliphatic heterocycles. The van der Waals surface area contributed by atoms with Crippen molar-refractivity contribution in [2.24, 2.45) is 0 Å². The van der Waals surface area contributed by atoms with E-state index in [4.69, 9.17) is 0 Å². The summed E-state index contributed by atoms with van der Waals surface area (Å²) in [7, 11) is -1.65. The summed E-state index contributed by atoms with van der Waals surface area (Å²) in [6.45, 7) is 6.15. The highest BCUT2D eigenvalue weighted by Crippen LogP contribution is 2.37. The minimum absolute atomic E-state index is 0.0695. The molecule has 1 heterocycles. The number of nitrogens with zero attached hydrogens (tertiary/aromatic N) is 1. The monoisotopic (exact) mass is 487 g/mol. The zero-order chi connectivity index (χ0) is 24.4. The largest absolute Gasteiger partial charge is 0.341 e. The van der Waals surface area contributed by atoms with Crippen molar-refractivity contribution in [3.63, 3.8) is 0 Å². The van der Waals surface area contributed by atoms with Crippen molar-refractivity contribution in [3.05, 3.63) is 59.0 Å². The van der Waals surface area contributed by atoms with Gasteiger partial charge in [0.25, 0.3) is 5.91 Å². The van der Waals surface area contributed by atoms with Crippen LogP contribution in [0.3, 0.4) is 0 Å². The number of rotatable bonds is 6. The average molecular weight is 488 g/mol. The molecule has 3 amide bonds. The number of nitrogens with one attached hydrogen (secondary N) is 2. The van der Waals surface area contributed by atoms with E-state index in [-0.39, 0.29) is 23.6 Å². The van der Waals surface area contributed by atoms with Crippen LogP contribution in [0.15, 0.2) is 48.5 Å². The Balaban J connectivity index is 1.86. The van der Waals surface area contributed by atoms with E-state index in [9.17, 15) is 18.0 Å². The second kappa shape index (κ2) is 9.52. The second-order valence-corrected chi connectivity index (χ2v) is 12.4. The van der Waals surface area contributed by atoms with Crippen LogP contribution in [0.2, 0.25) is 0 Å². The van der Waals surface area contributed by atoms with Gasteiger partial charge in [0.2, 0.25) is 0 Å². The molecule has 0 spiro atoms. The number of hydrogen-bond acceptors (Lipinski definition) is 5. The van der Waals surface area contributed by atoms with E-state index in [0.29, 0.717) is 16.3 Å². The number of fused-ring (bicyclic) bond motifs is 1. The molecule has 3 rings (SSSR count). The molecule has 9 heteroatoms. The third-order valence-corrected chi connectivity index (χ3v) is 7.51. The van der Waals surface area contributed by atoms with Crippen LogP contribution >= 0.6 is 11.3 Å². The molecule has 1 aromatic heterocycles. The van der Waals surface area contributed by atoms with E-state index in [1.165, 1.54) is 16.2 Å². The van der Waals surface area contributed by atoms with Gasteiger partial charge in [-0.25, -0.2) is 13.2 Å². The van der Waals surface area contributed by atoms with E-state index in [1.54, 1.807) is 13.1 Å². The van der Waals surface area contributed by atoms with Crippen LogP contribution < -0.4 is 10.6 Å². The van der Waals surface area contributed by atoms with Crippen LogP contribution in [-0.2, 0) is 15.3 Å². The van der Waals surface area contributed by atoms with E-state index in [2.05, 4.69) is 10.6 Å². The smallest absolute Gasteiger partial charge is 0.324 e. The molecule has 0 atom stereocenters. The summed E-state index contributed by atoms with van der Waals surface area (Å²) in [5.74, 6) is -0.471. The minimum atomic E-state index is -3.21. The number of urea groups is 1. The third kappa shape index (κ3) is 6.33. The highest BCUT2D eigenvalue weighted by Gasteiger charge is 2.26. The molecule has 0 radical (unpaired) electrons. The summed E-state index contributed by atoms with van der Waals surface area (Å²) < 4.78 is 23.0. The normalized spacial score (nSPS) is 11.9. The zero-order valence-electron chi connectivity index (χ0n) is 19.4. The molecule has 0 aliphatic carbocycles. The molecule has 0 fully saturated rings. The lowest BCUT2D eigenvalue weighted by Crippen LogP contribution is -2.32. The number of benzene rings is 2. The number of carbonyl (C=O) groups excluding carboxylic acids is 2. The Morgan fingerprint density at radius 3 is 2.36 bits per heavy atom. The number of thiophene rings is 1. The first kappa shape index (κ1) is 24.7. The van der Waals surface area contributed by atoms with Crippen molar-refractivity contribution in [2.45, 2.75) is 26.2 Å². The highest BCUT2D eigenvalue weighted by atomic mass is 32.2. The minimum Gasteiger partial charge on any atom is -0.341 e. The Labute approximate surface area is 198 Å². The molecule has 0 unspecified atom stereocenters. The Morgan fingerprint density at radius 1 is 1.03 bits per heavy atom. The van der Waals surface area contributed by atoms with E-state index < -0.39 is 15.9 Å². The van der Waals surface area contributed by atoms with E-state index in [1.807, 2.05) is 63.2 Å². The van der Waals surface area contributed by atoms with Crippen LogP contribution in [-0.4, -0.2) is 50.9 Å². The first-order valence-corrected chi connectivity index (χ1v) is 13.4. The summed E-state index contributed by atoms with van der Waals surface area (Å²) in [6.07, 6.45) is 1.14. The average Bonchev–Trinajstić information content (AvgIpc) is 3.15. The van der Waals surface area contributed by atoms with Crippen LogP contribution in [0.25, 0.3) is 10.8 Å². The lowest BCUT2D eigenvalue weighted by atomic mass is 9.94. The third-order valence-electron chi connectivity index (χ3n) is 5.11. The van der Waals surface area contributed by atoms with Gasteiger partial charge in [-0.05, 0) is 22.9 Å². The van der Waals surface area contributed by atoms with Crippen LogP contribution in [0.1, 0.15) is 36.0 Å². The quantitative estimate of drug-likeness (QED) is 0.514. The van der Waals surface area contributed by atoms with Gasteiger partial charge in [0, 0.05) is 30.1 Å². The zero-order valence-corrected chi connectivity index (χ0v) is 21.1. The van der Waals surface area contributed by atoms with Gasteiger partial charge in [-0.1, -0.05) is 57.2 Å². The fourth-order valence-electron chi connectivity index (χ4n) is 3.21. The van der Waals surface area contributed by atoms with Crippen molar-refractivity contribution in [1.82, 2.24) is 4.90 Å². The number of carbonyl (C=O) groups is 2. The SMILES string of the molecule is CN(CCS(C)(=O)=O)C(=O)c1cc(C(C)(C)C)sc1NC(=O)Nc1cccc2ccccc12. The molecule has 2 aromatic carbocycles. The van der Waals surface area contributed by atoms with Crippen molar-refractivity contribution < 1.29 is 18.0 Å². The van der Waals surface area contributed by atoms with Gasteiger partial charge < -0.3 is 10.2 Å². The first-order valence-electron chi connectivity index (χ1n) is 10.5. The van der Waals surface area contributed by atoms with Crippen LogP contribution in [0.5, 0.6) is 0 Å². The Kier molecular flexibility index (Phi) is 7.14. The second-order valence-electron chi connectivity index (χ2n) is 9.07. The maximum absolute atomic E-state index is 13.1. The van der Waals surface area contributed by atoms with Crippen LogP contribution in [0.4, 0.5) is 15.5 Å². The van der Waals surface area contributed by atoms with Gasteiger partial charge >= 0.3 is 6.03 Å². The maximum atomic E-state index is 13.1. The molecule has 7 nitrogen and oxygen atoms in total. The summed E-state index contributed by atoms with van der Waals surface area (Å²) in [5.41, 5.74) is 0.780. The van der Waals surface area contributed by atoms with Gasteiger partial charge in [0.05, 0.1) is 17.0 Å². The Hall–Kier alpha value is -2.91. The Morgan fingerprint density at radius 2 is 1.70 bits per heavy atom. The Bertz CT molecular complexity index is 1290. The molecular formula is C24H29N3O4S2. The fraction of sp³-hybridized carbons (Fsp3) is 0.333. The first-order chi connectivity index (χ1) is 15.3. The molecular weight excluding hydrogens is 458 g/mol. The van der Waals surface area contributed by atoms with Gasteiger partial charge in [0.15, 0.2) is 0 Å². The topological polar surface area (TPSA) is 95.6 Å². The molecule has 0 bridgehead atoms. The molecule has 33 heavy (non-hydrogen) atoms. The van der Waals surface area contributed by atoms with Crippen molar-refractivity contribution in [1.29, 1.82) is 0 Å². The van der Waals surface area contributed by atoms with Gasteiger partial charge in [-0.2, -0.15) is 0 Å². The van der Waals surface area contributed by atoms with Crippen molar-refractivity contribution in [3.8, 4) is 0 Å². The van der Waals surface area contributed by atoms with Gasteiger partial charge in [-0.15, -0.1) is 11.3 Å². The molecule has 0 saturated heterocycles. The maximum Gasteiger partial charge on any atom is 0.324 e. The van der Waals surface area contributed by atoms with Gasteiger partial charge in [-0.3, -0.25) is 10.1 Å². The van der Waals surface area contributed by atoms with E-state index in [0.717, 1.165) is 21.9 Å². The predicted octanol–water partition coefficient (Wildman–Crippen LogP) is 4.96. The van der Waals surface area contributed by atoms with Crippen LogP contribution in [0, 0.1) is 0 Å². The predicted molar refractivity (Wildman–Crippen MR) is 136 cm³/mol. The molecule has 3 aromatic rings. The molecule has 0 aliphatic rings. The van der Waals surface area contributed by atoms with Crippen molar-refractivity contribution >= 4 is 54.6 Å². The summed E-state index contributed by atoms with van der Waals surface area (Å²) >= 11 is 1.34. The summed E-state index contributed by atoms with van der Waals surface area (Å²) in [6, 6.07) is 14.7. The lowest BCUT2D eigenvalue weighted by molar-refractivity contribution is 0.0805. The van der Waals surface area contributed by atoms with Gasteiger partial charge in [0.1, 0.15) is 14.8 Å². The van der Waals surface area contributed by atoms with E-state index >= 15 is 0 Å². The highest BCUT2D eigenvalue weighted by molar-refractivity contribution is 7.90. The number of hydrogen-bond donors (Lipinski definition) is 2. The standard InChI is InChI=1S/C24H29N3O4S2/c1-24(2,3)20-15-18(22(28)27(4)13-14-33(5,30)31)21(32-20)26-23(29)25-19-12-8-10-16-9-6-7-11-17(16)19/h6-12,15H,13-14H2,1-5H3,(H2,25,26,29). The summed E-state index contributed by atoms with van der Waals surface area (Å²) in [5, 5.41) is 8.04. The number of sulfone groups is 1. The molecule has 2 N–H and O–H groups in total.